The number of aliphatic carboxylic acids is 1. The second-order valence-electron chi connectivity index (χ2n) is 3.19. The maximum absolute atomic E-state index is 13.4. The molecule has 1 heterocycles. The molecular weight excluding hydrogens is 199 g/mol. The number of nitrogens with zero attached hydrogens (tertiary/aromatic N) is 2. The van der Waals surface area contributed by atoms with Gasteiger partial charge in [0.15, 0.2) is 0 Å². The van der Waals surface area contributed by atoms with Crippen LogP contribution in [0.15, 0.2) is 24.4 Å². The van der Waals surface area contributed by atoms with Gasteiger partial charge >= 0.3 is 5.97 Å². The molecule has 0 aliphatic carbocycles. The van der Waals surface area contributed by atoms with Crippen molar-refractivity contribution in [2.24, 2.45) is 0 Å². The molecule has 0 unspecified atom stereocenters. The summed E-state index contributed by atoms with van der Waals surface area (Å²) in [5.41, 5.74) is 0.360. The predicted molar refractivity (Wildman–Crippen MR) is 51.9 cm³/mol. The molecule has 0 amide bonds. The minimum Gasteiger partial charge on any atom is -0.481 e. The molecule has 15 heavy (non-hydrogen) atoms. The molecule has 0 bridgehead atoms. The summed E-state index contributed by atoms with van der Waals surface area (Å²) in [7, 11) is 0. The molecule has 4 nitrogen and oxygen atoms in total. The SMILES string of the molecule is O=C(O)CCn1ncc2cccc(F)c21. The van der Waals surface area contributed by atoms with Crippen molar-refractivity contribution in [2.45, 2.75) is 13.0 Å². The van der Waals surface area contributed by atoms with Crippen molar-refractivity contribution in [1.29, 1.82) is 0 Å². The zero-order chi connectivity index (χ0) is 10.8. The highest BCUT2D eigenvalue weighted by Gasteiger charge is 2.08. The lowest BCUT2D eigenvalue weighted by atomic mass is 10.2. The van der Waals surface area contributed by atoms with E-state index in [-0.39, 0.29) is 18.8 Å². The summed E-state index contributed by atoms with van der Waals surface area (Å²) < 4.78 is 14.8. The van der Waals surface area contributed by atoms with Crippen molar-refractivity contribution in [3.05, 3.63) is 30.2 Å². The number of halogens is 1. The van der Waals surface area contributed by atoms with E-state index >= 15 is 0 Å². The Morgan fingerprint density at radius 1 is 1.53 bits per heavy atom. The lowest BCUT2D eigenvalue weighted by Gasteiger charge is -2.01. The molecule has 2 rings (SSSR count). The van der Waals surface area contributed by atoms with Gasteiger partial charge in [-0.3, -0.25) is 9.48 Å². The maximum atomic E-state index is 13.4. The second kappa shape index (κ2) is 3.68. The van der Waals surface area contributed by atoms with E-state index in [0.717, 1.165) is 0 Å². The van der Waals surface area contributed by atoms with Crippen LogP contribution in [0.2, 0.25) is 0 Å². The summed E-state index contributed by atoms with van der Waals surface area (Å²) >= 11 is 0. The predicted octanol–water partition coefficient (Wildman–Crippen LogP) is 1.65. The van der Waals surface area contributed by atoms with Crippen LogP contribution >= 0.6 is 0 Å². The van der Waals surface area contributed by atoms with Gasteiger partial charge in [-0.2, -0.15) is 5.10 Å². The molecule has 78 valence electrons. The molecule has 0 saturated carbocycles. The average Bonchev–Trinajstić information content (AvgIpc) is 2.59. The third-order valence-corrected chi connectivity index (χ3v) is 2.15. The molecule has 0 saturated heterocycles. The van der Waals surface area contributed by atoms with Crippen LogP contribution in [0.25, 0.3) is 10.9 Å². The van der Waals surface area contributed by atoms with Gasteiger partial charge in [0.25, 0.3) is 0 Å². The van der Waals surface area contributed by atoms with E-state index < -0.39 is 5.97 Å². The fourth-order valence-corrected chi connectivity index (χ4v) is 1.47. The summed E-state index contributed by atoms with van der Waals surface area (Å²) in [5, 5.41) is 13.1. The van der Waals surface area contributed by atoms with E-state index in [1.54, 1.807) is 12.1 Å². The fourth-order valence-electron chi connectivity index (χ4n) is 1.47. The Hall–Kier alpha value is -1.91. The number of carboxylic acids is 1. The summed E-state index contributed by atoms with van der Waals surface area (Å²) in [6.45, 7) is 0.180. The number of benzene rings is 1. The molecule has 2 aromatic rings. The van der Waals surface area contributed by atoms with E-state index in [9.17, 15) is 9.18 Å². The van der Waals surface area contributed by atoms with Crippen molar-refractivity contribution in [3.63, 3.8) is 0 Å². The van der Waals surface area contributed by atoms with Crippen LogP contribution in [-0.2, 0) is 11.3 Å². The van der Waals surface area contributed by atoms with Gasteiger partial charge in [-0.15, -0.1) is 0 Å². The highest BCUT2D eigenvalue weighted by atomic mass is 19.1. The minimum atomic E-state index is -0.921. The van der Waals surface area contributed by atoms with Gasteiger partial charge in [-0.05, 0) is 6.07 Å². The Kier molecular flexibility index (Phi) is 2.37. The zero-order valence-electron chi connectivity index (χ0n) is 7.85. The molecule has 0 aliphatic rings. The molecule has 1 N–H and O–H groups in total. The van der Waals surface area contributed by atoms with E-state index in [2.05, 4.69) is 5.10 Å². The molecular formula is C10H9FN2O2. The molecule has 0 aliphatic heterocycles. The quantitative estimate of drug-likeness (QED) is 0.834. The largest absolute Gasteiger partial charge is 0.481 e. The number of hydrogen-bond acceptors (Lipinski definition) is 2. The molecule has 0 spiro atoms. The summed E-state index contributed by atoms with van der Waals surface area (Å²) in [4.78, 5) is 10.4. The topological polar surface area (TPSA) is 55.1 Å². The number of para-hydroxylation sites is 1. The molecule has 0 radical (unpaired) electrons. The van der Waals surface area contributed by atoms with Gasteiger partial charge in [-0.1, -0.05) is 12.1 Å². The van der Waals surface area contributed by atoms with Gasteiger partial charge in [0.05, 0.1) is 19.2 Å². The highest BCUT2D eigenvalue weighted by Crippen LogP contribution is 2.17. The monoisotopic (exact) mass is 208 g/mol. The first-order valence-electron chi connectivity index (χ1n) is 4.50. The Morgan fingerprint density at radius 2 is 2.33 bits per heavy atom. The van der Waals surface area contributed by atoms with Gasteiger partial charge in [0, 0.05) is 5.39 Å². The van der Waals surface area contributed by atoms with E-state index in [4.69, 9.17) is 5.11 Å². The van der Waals surface area contributed by atoms with Gasteiger partial charge < -0.3 is 5.11 Å². The van der Waals surface area contributed by atoms with Crippen LogP contribution in [0.5, 0.6) is 0 Å². The third kappa shape index (κ3) is 1.81. The number of hydrogen-bond donors (Lipinski definition) is 1. The van der Waals surface area contributed by atoms with Crippen molar-refractivity contribution in [2.75, 3.05) is 0 Å². The first kappa shape index (κ1) is 9.64. The first-order valence-corrected chi connectivity index (χ1v) is 4.50. The van der Waals surface area contributed by atoms with Crippen LogP contribution < -0.4 is 0 Å². The lowest BCUT2D eigenvalue weighted by Crippen LogP contribution is -2.06. The molecule has 0 atom stereocenters. The Labute approximate surface area is 84.9 Å². The molecule has 5 heteroatoms. The lowest BCUT2D eigenvalue weighted by molar-refractivity contribution is -0.137. The van der Waals surface area contributed by atoms with E-state index in [1.807, 2.05) is 0 Å². The van der Waals surface area contributed by atoms with E-state index in [1.165, 1.54) is 16.9 Å². The van der Waals surface area contributed by atoms with Crippen molar-refractivity contribution in [3.8, 4) is 0 Å². The van der Waals surface area contributed by atoms with Crippen LogP contribution in [0.3, 0.4) is 0 Å². The van der Waals surface area contributed by atoms with Crippen molar-refractivity contribution >= 4 is 16.9 Å². The smallest absolute Gasteiger partial charge is 0.305 e. The van der Waals surface area contributed by atoms with Gasteiger partial charge in [0.1, 0.15) is 11.3 Å². The highest BCUT2D eigenvalue weighted by molar-refractivity contribution is 5.79. The van der Waals surface area contributed by atoms with Crippen LogP contribution in [0.4, 0.5) is 4.39 Å². The van der Waals surface area contributed by atoms with Crippen LogP contribution in [0.1, 0.15) is 6.42 Å². The Bertz CT molecular complexity index is 507. The number of rotatable bonds is 3. The van der Waals surface area contributed by atoms with Crippen LogP contribution in [0, 0.1) is 5.82 Å². The fraction of sp³-hybridized carbons (Fsp3) is 0.200. The van der Waals surface area contributed by atoms with Gasteiger partial charge in [-0.25, -0.2) is 4.39 Å². The standard InChI is InChI=1S/C10H9FN2O2/c11-8-3-1-2-7-6-12-13(10(7)8)5-4-9(14)15/h1-3,6H,4-5H2,(H,14,15). The average molecular weight is 208 g/mol. The number of carboxylic acid groups (broad SMARTS) is 1. The van der Waals surface area contributed by atoms with Crippen molar-refractivity contribution in [1.82, 2.24) is 9.78 Å². The number of aryl methyl sites for hydroxylation is 1. The molecule has 1 aromatic carbocycles. The summed E-state index contributed by atoms with van der Waals surface area (Å²) in [6, 6.07) is 4.67. The first-order chi connectivity index (χ1) is 7.18. The Morgan fingerprint density at radius 3 is 3.07 bits per heavy atom. The normalized spacial score (nSPS) is 10.7. The molecule has 1 aromatic heterocycles. The number of carbonyl (C=O) groups is 1. The minimum absolute atomic E-state index is 0.0644. The zero-order valence-corrected chi connectivity index (χ0v) is 7.85. The number of aromatic nitrogens is 2. The van der Waals surface area contributed by atoms with Crippen molar-refractivity contribution < 1.29 is 14.3 Å². The third-order valence-electron chi connectivity index (χ3n) is 2.15. The molecule has 0 fully saturated rings. The Balaban J connectivity index is 2.39. The second-order valence-corrected chi connectivity index (χ2v) is 3.19. The summed E-state index contributed by atoms with van der Waals surface area (Å²) in [6.07, 6.45) is 1.46. The van der Waals surface area contributed by atoms with Crippen LogP contribution in [-0.4, -0.2) is 20.9 Å². The maximum Gasteiger partial charge on any atom is 0.305 e. The van der Waals surface area contributed by atoms with Gasteiger partial charge in [0.2, 0.25) is 0 Å². The summed E-state index contributed by atoms with van der Waals surface area (Å²) in [5.74, 6) is -1.30. The van der Waals surface area contributed by atoms with E-state index in [0.29, 0.717) is 10.9 Å². The number of fused-ring (bicyclic) bond motifs is 1.